The van der Waals surface area contributed by atoms with Gasteiger partial charge in [0.25, 0.3) is 0 Å². The van der Waals surface area contributed by atoms with Gasteiger partial charge in [0.2, 0.25) is 11.8 Å². The number of hydrogen-bond donors (Lipinski definition) is 1. The van der Waals surface area contributed by atoms with Crippen molar-refractivity contribution in [3.05, 3.63) is 18.0 Å². The number of aromatic nitrogens is 2. The molecule has 0 unspecified atom stereocenters. The van der Waals surface area contributed by atoms with Gasteiger partial charge in [-0.25, -0.2) is 0 Å². The van der Waals surface area contributed by atoms with Gasteiger partial charge in [-0.3, -0.25) is 14.3 Å². The minimum absolute atomic E-state index is 0.124. The summed E-state index contributed by atoms with van der Waals surface area (Å²) < 4.78 is 1.75. The van der Waals surface area contributed by atoms with Crippen LogP contribution in [0.2, 0.25) is 0 Å². The first-order valence-corrected chi connectivity index (χ1v) is 8.80. The Balaban J connectivity index is 1.61. The number of piperidine rings is 2. The highest BCUT2D eigenvalue weighted by Crippen LogP contribution is 2.31. The van der Waals surface area contributed by atoms with E-state index in [1.165, 1.54) is 0 Å². The number of aryl methyl sites for hydroxylation is 1. The molecule has 2 aliphatic rings. The van der Waals surface area contributed by atoms with Crippen molar-refractivity contribution >= 4 is 11.8 Å². The maximum Gasteiger partial charge on any atom is 0.244 e. The van der Waals surface area contributed by atoms with Gasteiger partial charge >= 0.3 is 0 Å². The van der Waals surface area contributed by atoms with E-state index in [0.29, 0.717) is 18.9 Å². The second-order valence-corrected chi connectivity index (χ2v) is 6.82. The molecule has 3 heterocycles. The van der Waals surface area contributed by atoms with Gasteiger partial charge in [0.05, 0.1) is 0 Å². The maximum atomic E-state index is 12.6. The monoisotopic (exact) mass is 333 g/mol. The molecule has 2 atom stereocenters. The number of rotatable bonds is 5. The lowest BCUT2D eigenvalue weighted by Crippen LogP contribution is -2.58. The van der Waals surface area contributed by atoms with E-state index in [-0.39, 0.29) is 17.9 Å². The fourth-order valence-corrected chi connectivity index (χ4v) is 3.89. The third-order valence-electron chi connectivity index (χ3n) is 5.31. The molecule has 0 bridgehead atoms. The highest BCUT2D eigenvalue weighted by Gasteiger charge is 2.39. The number of carbonyl (C=O) groups is 2. The van der Waals surface area contributed by atoms with Gasteiger partial charge in [0.1, 0.15) is 6.54 Å². The fourth-order valence-electron chi connectivity index (χ4n) is 3.89. The van der Waals surface area contributed by atoms with Gasteiger partial charge in [-0.15, -0.1) is 0 Å². The van der Waals surface area contributed by atoms with Crippen LogP contribution < -0.4 is 5.32 Å². The van der Waals surface area contributed by atoms with Crippen LogP contribution in [0.25, 0.3) is 0 Å². The van der Waals surface area contributed by atoms with Crippen molar-refractivity contribution < 1.29 is 9.59 Å². The molecule has 0 saturated carbocycles. The zero-order valence-corrected chi connectivity index (χ0v) is 14.6. The molecule has 2 amide bonds. The van der Waals surface area contributed by atoms with E-state index in [1.54, 1.807) is 10.9 Å². The third kappa shape index (κ3) is 3.45. The predicted octanol–water partition coefficient (Wildman–Crippen LogP) is 0.250. The van der Waals surface area contributed by atoms with E-state index in [9.17, 15) is 9.59 Å². The van der Waals surface area contributed by atoms with E-state index in [4.69, 9.17) is 0 Å². The van der Waals surface area contributed by atoms with Crippen LogP contribution in [0.5, 0.6) is 0 Å². The molecular weight excluding hydrogens is 306 g/mol. The first kappa shape index (κ1) is 17.0. The topological polar surface area (TPSA) is 70.5 Å². The summed E-state index contributed by atoms with van der Waals surface area (Å²) in [6.45, 7) is 5.32. The van der Waals surface area contributed by atoms with Crippen molar-refractivity contribution in [1.29, 1.82) is 0 Å². The van der Waals surface area contributed by atoms with Crippen LogP contribution in [0.4, 0.5) is 0 Å². The lowest BCUT2D eigenvalue weighted by molar-refractivity contribution is -0.144. The van der Waals surface area contributed by atoms with E-state index < -0.39 is 0 Å². The summed E-state index contributed by atoms with van der Waals surface area (Å²) >= 11 is 0. The van der Waals surface area contributed by atoms with Gasteiger partial charge in [-0.05, 0) is 38.8 Å². The first-order chi connectivity index (χ1) is 11.6. The van der Waals surface area contributed by atoms with E-state index in [1.807, 2.05) is 29.8 Å². The first-order valence-electron chi connectivity index (χ1n) is 8.80. The molecule has 0 spiro atoms. The van der Waals surface area contributed by atoms with Crippen LogP contribution in [0.1, 0.15) is 25.0 Å². The zero-order chi connectivity index (χ0) is 17.1. The molecule has 132 valence electrons. The largest absolute Gasteiger partial charge is 0.341 e. The predicted molar refractivity (Wildman–Crippen MR) is 90.3 cm³/mol. The van der Waals surface area contributed by atoms with Crippen molar-refractivity contribution in [3.8, 4) is 0 Å². The van der Waals surface area contributed by atoms with Crippen molar-refractivity contribution in [3.63, 3.8) is 0 Å². The van der Waals surface area contributed by atoms with Gasteiger partial charge in [0, 0.05) is 50.5 Å². The summed E-state index contributed by atoms with van der Waals surface area (Å²) in [5, 5.41) is 7.32. The average Bonchev–Trinajstić information content (AvgIpc) is 2.98. The zero-order valence-electron chi connectivity index (χ0n) is 14.6. The van der Waals surface area contributed by atoms with E-state index in [0.717, 1.165) is 44.7 Å². The smallest absolute Gasteiger partial charge is 0.244 e. The molecular formula is C17H27N5O2. The standard InChI is InChI=1S/C17H27N5O2/c1-13-5-7-19-22(13)12-17(24)20-9-6-15-14(11-20)3-4-16(23)21(15)10-8-18-2/h5,7,14-15,18H,3-4,6,8-12H2,1-2H3/t14-,15+/m0/s1. The number of fused-ring (bicyclic) bond motifs is 1. The summed E-state index contributed by atoms with van der Waals surface area (Å²) in [7, 11) is 1.91. The summed E-state index contributed by atoms with van der Waals surface area (Å²) in [6.07, 6.45) is 4.10. The lowest BCUT2D eigenvalue weighted by atomic mass is 9.83. The van der Waals surface area contributed by atoms with E-state index in [2.05, 4.69) is 10.4 Å². The molecule has 0 aliphatic carbocycles. The molecule has 24 heavy (non-hydrogen) atoms. The number of nitrogens with zero attached hydrogens (tertiary/aromatic N) is 4. The van der Waals surface area contributed by atoms with Crippen LogP contribution in [-0.4, -0.2) is 70.7 Å². The molecule has 0 aromatic carbocycles. The Morgan fingerprint density at radius 2 is 2.25 bits per heavy atom. The van der Waals surface area contributed by atoms with Crippen LogP contribution in [-0.2, 0) is 16.1 Å². The summed E-state index contributed by atoms with van der Waals surface area (Å²) in [6, 6.07) is 2.20. The minimum atomic E-state index is 0.124. The van der Waals surface area contributed by atoms with Crippen LogP contribution in [0.3, 0.4) is 0 Å². The van der Waals surface area contributed by atoms with Gasteiger partial charge in [-0.1, -0.05) is 0 Å². The molecule has 2 saturated heterocycles. The molecule has 1 N–H and O–H groups in total. The molecule has 3 rings (SSSR count). The molecule has 1 aromatic heterocycles. The van der Waals surface area contributed by atoms with Crippen LogP contribution in [0, 0.1) is 12.8 Å². The number of carbonyl (C=O) groups excluding carboxylic acids is 2. The van der Waals surface area contributed by atoms with Crippen molar-refractivity contribution in [2.45, 2.75) is 38.8 Å². The summed E-state index contributed by atoms with van der Waals surface area (Å²) in [5.74, 6) is 0.786. The quantitative estimate of drug-likeness (QED) is 0.839. The minimum Gasteiger partial charge on any atom is -0.341 e. The number of likely N-dealkylation sites (tertiary alicyclic amines) is 2. The fraction of sp³-hybridized carbons (Fsp3) is 0.706. The van der Waals surface area contributed by atoms with Crippen molar-refractivity contribution in [2.24, 2.45) is 5.92 Å². The molecule has 2 aliphatic heterocycles. The lowest BCUT2D eigenvalue weighted by Gasteiger charge is -2.47. The normalized spacial score (nSPS) is 24.2. The van der Waals surface area contributed by atoms with Crippen molar-refractivity contribution in [2.75, 3.05) is 33.2 Å². The average molecular weight is 333 g/mol. The SMILES string of the molecule is CNCCN1C(=O)CC[C@H]2CN(C(=O)Cn3nccc3C)CC[C@H]21. The summed E-state index contributed by atoms with van der Waals surface area (Å²) in [5.41, 5.74) is 1.000. The highest BCUT2D eigenvalue weighted by atomic mass is 16.2. The van der Waals surface area contributed by atoms with E-state index >= 15 is 0 Å². The second-order valence-electron chi connectivity index (χ2n) is 6.82. The van der Waals surface area contributed by atoms with Crippen LogP contribution in [0.15, 0.2) is 12.3 Å². The Bertz CT molecular complexity index is 600. The molecule has 7 nitrogen and oxygen atoms in total. The number of nitrogens with one attached hydrogen (secondary N) is 1. The summed E-state index contributed by atoms with van der Waals surface area (Å²) in [4.78, 5) is 28.8. The van der Waals surface area contributed by atoms with Gasteiger partial charge in [0.15, 0.2) is 0 Å². The molecule has 0 radical (unpaired) electrons. The number of amides is 2. The Morgan fingerprint density at radius 1 is 1.42 bits per heavy atom. The molecule has 1 aromatic rings. The van der Waals surface area contributed by atoms with Crippen molar-refractivity contribution in [1.82, 2.24) is 24.9 Å². The third-order valence-corrected chi connectivity index (χ3v) is 5.31. The Labute approximate surface area is 143 Å². The Hall–Kier alpha value is -1.89. The van der Waals surface area contributed by atoms with Gasteiger partial charge in [-0.2, -0.15) is 5.10 Å². The van der Waals surface area contributed by atoms with Gasteiger partial charge < -0.3 is 15.1 Å². The highest BCUT2D eigenvalue weighted by molar-refractivity contribution is 5.78. The number of hydrogen-bond acceptors (Lipinski definition) is 4. The number of likely N-dealkylation sites (N-methyl/N-ethyl adjacent to an activating group) is 1. The Morgan fingerprint density at radius 3 is 2.96 bits per heavy atom. The molecule has 2 fully saturated rings. The van der Waals surface area contributed by atoms with Crippen LogP contribution >= 0.6 is 0 Å². The molecule has 7 heteroatoms. The Kier molecular flexibility index (Phi) is 5.18. The second kappa shape index (κ2) is 7.34. The maximum absolute atomic E-state index is 12.6.